The van der Waals surface area contributed by atoms with Crippen molar-refractivity contribution in [1.29, 1.82) is 0 Å². The van der Waals surface area contributed by atoms with Crippen LogP contribution in [0.25, 0.3) is 22.4 Å². The lowest BCUT2D eigenvalue weighted by molar-refractivity contribution is 0.298. The summed E-state index contributed by atoms with van der Waals surface area (Å²) in [5.41, 5.74) is 5.40. The Morgan fingerprint density at radius 2 is 1.63 bits per heavy atom. The Morgan fingerprint density at radius 3 is 2.43 bits per heavy atom. The molecular weight excluding hydrogens is 376 g/mol. The van der Waals surface area contributed by atoms with E-state index in [2.05, 4.69) is 30.5 Å². The molecule has 1 heterocycles. The molecule has 30 heavy (non-hydrogen) atoms. The fourth-order valence-electron chi connectivity index (χ4n) is 3.62. The number of para-hydroxylation sites is 2. The summed E-state index contributed by atoms with van der Waals surface area (Å²) in [7, 11) is 3.28. The Bertz CT molecular complexity index is 1180. The molecule has 0 amide bonds. The normalized spacial score (nSPS) is 10.9. The molecule has 5 nitrogen and oxygen atoms in total. The van der Waals surface area contributed by atoms with Crippen LogP contribution in [0.2, 0.25) is 0 Å². The number of hydrogen-bond donors (Lipinski definition) is 0. The van der Waals surface area contributed by atoms with Gasteiger partial charge in [-0.2, -0.15) is 0 Å². The van der Waals surface area contributed by atoms with Crippen molar-refractivity contribution in [3.8, 4) is 28.6 Å². The summed E-state index contributed by atoms with van der Waals surface area (Å²) in [6, 6.07) is 20.2. The molecule has 154 valence electrons. The van der Waals surface area contributed by atoms with Gasteiger partial charge in [0.25, 0.3) is 0 Å². The van der Waals surface area contributed by atoms with Crippen LogP contribution in [0.5, 0.6) is 17.2 Å². The molecule has 0 spiro atoms. The first-order chi connectivity index (χ1) is 14.6. The summed E-state index contributed by atoms with van der Waals surface area (Å²) < 4.78 is 19.2. The van der Waals surface area contributed by atoms with E-state index in [4.69, 9.17) is 19.2 Å². The third-order valence-corrected chi connectivity index (χ3v) is 5.42. The predicted molar refractivity (Wildman–Crippen MR) is 120 cm³/mol. The molecule has 0 atom stereocenters. The Hall–Kier alpha value is -3.47. The van der Waals surface area contributed by atoms with Crippen LogP contribution in [0.1, 0.15) is 11.1 Å². The van der Waals surface area contributed by atoms with Crippen LogP contribution in [0.15, 0.2) is 60.7 Å². The zero-order valence-corrected chi connectivity index (χ0v) is 17.8. The van der Waals surface area contributed by atoms with Gasteiger partial charge < -0.3 is 18.8 Å². The van der Waals surface area contributed by atoms with Gasteiger partial charge in [-0.05, 0) is 61.4 Å². The Labute approximate surface area is 176 Å². The quantitative estimate of drug-likeness (QED) is 0.414. The number of fused-ring (bicyclic) bond motifs is 1. The molecule has 0 unspecified atom stereocenters. The van der Waals surface area contributed by atoms with E-state index >= 15 is 0 Å². The average molecular weight is 402 g/mol. The van der Waals surface area contributed by atoms with Crippen molar-refractivity contribution in [3.05, 3.63) is 71.8 Å². The molecule has 0 aliphatic rings. The molecule has 4 rings (SSSR count). The first-order valence-corrected chi connectivity index (χ1v) is 9.99. The molecule has 0 bridgehead atoms. The van der Waals surface area contributed by atoms with Gasteiger partial charge in [0, 0.05) is 5.56 Å². The first kappa shape index (κ1) is 19.8. The summed E-state index contributed by atoms with van der Waals surface area (Å²) in [5.74, 6) is 3.18. The number of imidazole rings is 1. The van der Waals surface area contributed by atoms with Crippen LogP contribution in [-0.4, -0.2) is 30.4 Å². The van der Waals surface area contributed by atoms with Gasteiger partial charge in [0.05, 0.1) is 31.8 Å². The summed E-state index contributed by atoms with van der Waals surface area (Å²) in [5, 5.41) is 0. The molecule has 0 aliphatic heterocycles. The van der Waals surface area contributed by atoms with Gasteiger partial charge >= 0.3 is 0 Å². The number of methoxy groups -OCH3 is 2. The highest BCUT2D eigenvalue weighted by atomic mass is 16.5. The van der Waals surface area contributed by atoms with Crippen LogP contribution in [0.4, 0.5) is 0 Å². The summed E-state index contributed by atoms with van der Waals surface area (Å²) in [6.45, 7) is 5.41. The lowest BCUT2D eigenvalue weighted by Crippen LogP contribution is -2.10. The molecule has 5 heteroatoms. The minimum atomic E-state index is 0.547. The maximum atomic E-state index is 6.12. The number of aromatic nitrogens is 2. The van der Waals surface area contributed by atoms with E-state index in [1.165, 1.54) is 11.1 Å². The second kappa shape index (κ2) is 8.49. The topological polar surface area (TPSA) is 45.5 Å². The fraction of sp³-hybridized carbons (Fsp3) is 0.240. The highest BCUT2D eigenvalue weighted by Gasteiger charge is 2.15. The van der Waals surface area contributed by atoms with E-state index in [9.17, 15) is 0 Å². The second-order valence-electron chi connectivity index (χ2n) is 7.19. The van der Waals surface area contributed by atoms with Gasteiger partial charge in [0.1, 0.15) is 18.2 Å². The maximum absolute atomic E-state index is 6.12. The molecule has 0 N–H and O–H groups in total. The number of ether oxygens (including phenoxy) is 3. The van der Waals surface area contributed by atoms with Crippen molar-refractivity contribution in [2.45, 2.75) is 20.4 Å². The smallest absolute Gasteiger partial charge is 0.161 e. The summed E-state index contributed by atoms with van der Waals surface area (Å²) in [4.78, 5) is 4.88. The van der Waals surface area contributed by atoms with Gasteiger partial charge in [-0.25, -0.2) is 4.98 Å². The molecule has 0 fully saturated rings. The van der Waals surface area contributed by atoms with Crippen molar-refractivity contribution in [2.75, 3.05) is 20.8 Å². The molecule has 3 aromatic carbocycles. The Balaban J connectivity index is 1.68. The van der Waals surface area contributed by atoms with Gasteiger partial charge in [-0.1, -0.05) is 24.3 Å². The van der Waals surface area contributed by atoms with Gasteiger partial charge in [-0.15, -0.1) is 0 Å². The van der Waals surface area contributed by atoms with Crippen LogP contribution in [0, 0.1) is 13.8 Å². The summed E-state index contributed by atoms with van der Waals surface area (Å²) >= 11 is 0. The van der Waals surface area contributed by atoms with Gasteiger partial charge in [-0.3, -0.25) is 0 Å². The van der Waals surface area contributed by atoms with E-state index in [1.54, 1.807) is 14.2 Å². The molecule has 0 aliphatic carbocycles. The van der Waals surface area contributed by atoms with Crippen LogP contribution >= 0.6 is 0 Å². The number of benzene rings is 3. The SMILES string of the molecule is COc1ccc(-c2nc3ccccc3n2CCOc2cccc(C)c2C)cc1OC. The largest absolute Gasteiger partial charge is 0.493 e. The van der Waals surface area contributed by atoms with E-state index in [-0.39, 0.29) is 0 Å². The second-order valence-corrected chi connectivity index (χ2v) is 7.19. The van der Waals surface area contributed by atoms with Crippen molar-refractivity contribution in [1.82, 2.24) is 9.55 Å². The van der Waals surface area contributed by atoms with Crippen molar-refractivity contribution in [3.63, 3.8) is 0 Å². The monoisotopic (exact) mass is 402 g/mol. The highest BCUT2D eigenvalue weighted by Crippen LogP contribution is 2.33. The van der Waals surface area contributed by atoms with E-state index in [0.29, 0.717) is 24.7 Å². The van der Waals surface area contributed by atoms with Gasteiger partial charge in [0.2, 0.25) is 0 Å². The standard InChI is InChI=1S/C25H26N2O3/c1-17-8-7-11-22(18(17)2)30-15-14-27-21-10-6-5-9-20(21)26-25(27)19-12-13-23(28-3)24(16-19)29-4/h5-13,16H,14-15H2,1-4H3. The third kappa shape index (κ3) is 3.71. The lowest BCUT2D eigenvalue weighted by Gasteiger charge is -2.14. The minimum absolute atomic E-state index is 0.547. The molecular formula is C25H26N2O3. The van der Waals surface area contributed by atoms with Crippen molar-refractivity contribution in [2.24, 2.45) is 0 Å². The Kier molecular flexibility index (Phi) is 5.61. The highest BCUT2D eigenvalue weighted by molar-refractivity contribution is 5.81. The van der Waals surface area contributed by atoms with Crippen LogP contribution in [0.3, 0.4) is 0 Å². The van der Waals surface area contributed by atoms with E-state index in [1.807, 2.05) is 48.5 Å². The maximum Gasteiger partial charge on any atom is 0.161 e. The fourth-order valence-corrected chi connectivity index (χ4v) is 3.62. The number of rotatable bonds is 7. The van der Waals surface area contributed by atoms with Crippen molar-refractivity contribution >= 4 is 11.0 Å². The number of nitrogens with zero attached hydrogens (tertiary/aromatic N) is 2. The molecule has 1 aromatic heterocycles. The molecule has 0 saturated carbocycles. The minimum Gasteiger partial charge on any atom is -0.493 e. The molecule has 0 saturated heterocycles. The zero-order valence-electron chi connectivity index (χ0n) is 17.8. The Morgan fingerprint density at radius 1 is 0.833 bits per heavy atom. The van der Waals surface area contributed by atoms with Gasteiger partial charge in [0.15, 0.2) is 11.5 Å². The van der Waals surface area contributed by atoms with Crippen LogP contribution in [-0.2, 0) is 6.54 Å². The third-order valence-electron chi connectivity index (χ3n) is 5.42. The number of hydrogen-bond acceptors (Lipinski definition) is 4. The summed E-state index contributed by atoms with van der Waals surface area (Å²) in [6.07, 6.45) is 0. The van der Waals surface area contributed by atoms with E-state index in [0.717, 1.165) is 28.2 Å². The van der Waals surface area contributed by atoms with Crippen molar-refractivity contribution < 1.29 is 14.2 Å². The predicted octanol–water partition coefficient (Wildman–Crippen LogP) is 5.42. The van der Waals surface area contributed by atoms with E-state index < -0.39 is 0 Å². The lowest BCUT2D eigenvalue weighted by atomic mass is 10.1. The number of aryl methyl sites for hydroxylation is 1. The zero-order chi connectivity index (χ0) is 21.1. The average Bonchev–Trinajstić information content (AvgIpc) is 3.15. The molecule has 0 radical (unpaired) electrons. The molecule has 4 aromatic rings. The first-order valence-electron chi connectivity index (χ1n) is 9.99. The van der Waals surface area contributed by atoms with Crippen LogP contribution < -0.4 is 14.2 Å².